The average molecular weight is 268 g/mol. The van der Waals surface area contributed by atoms with E-state index in [1.807, 2.05) is 0 Å². The number of aliphatic hydroxyl groups is 5. The van der Waals surface area contributed by atoms with Gasteiger partial charge in [-0.1, -0.05) is 6.92 Å². The molecule has 6 N–H and O–H groups in total. The van der Waals surface area contributed by atoms with Crippen LogP contribution in [-0.2, 0) is 4.79 Å². The Labute approximate surface area is 106 Å². The highest BCUT2D eigenvalue weighted by molar-refractivity contribution is 5.66. The zero-order valence-electron chi connectivity index (χ0n) is 10.6. The van der Waals surface area contributed by atoms with Crippen molar-refractivity contribution in [2.24, 2.45) is 11.3 Å². The van der Waals surface area contributed by atoms with Crippen molar-refractivity contribution in [3.05, 3.63) is 0 Å². The van der Waals surface area contributed by atoms with Crippen molar-refractivity contribution in [2.45, 2.75) is 19.8 Å². The van der Waals surface area contributed by atoms with Crippen LogP contribution < -0.4 is 0 Å². The number of aliphatic carboxylic acids is 1. The van der Waals surface area contributed by atoms with Gasteiger partial charge in [-0.2, -0.15) is 0 Å². The fourth-order valence-electron chi connectivity index (χ4n) is 0.718. The summed E-state index contributed by atoms with van der Waals surface area (Å²) in [6.45, 7) is 0.764. The Hall–Kier alpha value is -0.730. The van der Waals surface area contributed by atoms with Gasteiger partial charge in [0.1, 0.15) is 0 Å². The lowest BCUT2D eigenvalue weighted by Crippen LogP contribution is -2.29. The quantitative estimate of drug-likeness (QED) is 0.312. The van der Waals surface area contributed by atoms with Gasteiger partial charge in [0.15, 0.2) is 0 Å². The lowest BCUT2D eigenvalue weighted by Gasteiger charge is -2.20. The number of aliphatic hydroxyl groups excluding tert-OH is 5. The smallest absolute Gasteiger partial charge is 0.303 e. The zero-order chi connectivity index (χ0) is 14.6. The Morgan fingerprint density at radius 1 is 1.00 bits per heavy atom. The SMILES string of the molecule is CC(CO)(CO)CO.O=C(O)CCC(CO)CO. The third-order valence-corrected chi connectivity index (χ3v) is 2.43. The molecule has 0 atom stereocenters. The van der Waals surface area contributed by atoms with E-state index in [-0.39, 0.29) is 45.4 Å². The van der Waals surface area contributed by atoms with Gasteiger partial charge in [0, 0.05) is 31.0 Å². The normalized spacial score (nSPS) is 11.1. The lowest BCUT2D eigenvalue weighted by atomic mass is 9.95. The molecule has 0 heterocycles. The van der Waals surface area contributed by atoms with Gasteiger partial charge in [-0.05, 0) is 6.42 Å². The van der Waals surface area contributed by atoms with Crippen molar-refractivity contribution in [3.8, 4) is 0 Å². The van der Waals surface area contributed by atoms with Gasteiger partial charge in [0.05, 0.1) is 19.8 Å². The number of rotatable bonds is 8. The maximum absolute atomic E-state index is 9.97. The number of hydrogen-bond donors (Lipinski definition) is 6. The Kier molecular flexibility index (Phi) is 12.4. The molecule has 0 amide bonds. The number of carboxylic acid groups (broad SMARTS) is 1. The summed E-state index contributed by atoms with van der Waals surface area (Å²) in [4.78, 5) is 9.97. The second-order valence-corrected chi connectivity index (χ2v) is 4.45. The van der Waals surface area contributed by atoms with Gasteiger partial charge in [-0.25, -0.2) is 0 Å². The third kappa shape index (κ3) is 10.4. The Bertz CT molecular complexity index is 191. The first kappa shape index (κ1) is 19.6. The molecule has 7 heteroatoms. The van der Waals surface area contributed by atoms with Gasteiger partial charge < -0.3 is 30.6 Å². The molecule has 0 aromatic rings. The molecule has 0 aliphatic heterocycles. The summed E-state index contributed by atoms with van der Waals surface area (Å²) >= 11 is 0. The van der Waals surface area contributed by atoms with Crippen molar-refractivity contribution in [1.29, 1.82) is 0 Å². The van der Waals surface area contributed by atoms with Crippen LogP contribution >= 0.6 is 0 Å². The van der Waals surface area contributed by atoms with E-state index >= 15 is 0 Å². The summed E-state index contributed by atoms with van der Waals surface area (Å²) < 4.78 is 0. The van der Waals surface area contributed by atoms with Gasteiger partial charge >= 0.3 is 5.97 Å². The Morgan fingerprint density at radius 3 is 1.56 bits per heavy atom. The number of carbonyl (C=O) groups is 1. The van der Waals surface area contributed by atoms with E-state index in [9.17, 15) is 4.79 Å². The van der Waals surface area contributed by atoms with Crippen LogP contribution in [0.1, 0.15) is 19.8 Å². The van der Waals surface area contributed by atoms with Gasteiger partial charge in [-0.3, -0.25) is 4.79 Å². The van der Waals surface area contributed by atoms with E-state index in [1.54, 1.807) is 6.92 Å². The van der Waals surface area contributed by atoms with Gasteiger partial charge in [0.2, 0.25) is 0 Å². The van der Waals surface area contributed by atoms with E-state index in [1.165, 1.54) is 0 Å². The molecule has 0 saturated heterocycles. The fourth-order valence-corrected chi connectivity index (χ4v) is 0.718. The standard InChI is InChI=1S/C6H12O4.C5H12O3/c7-3-5(4-8)1-2-6(9)10;1-5(2-6,3-7)4-8/h5,7-8H,1-4H2,(H,9,10);6-8H,2-4H2,1H3. The molecular weight excluding hydrogens is 244 g/mol. The maximum atomic E-state index is 9.97. The van der Waals surface area contributed by atoms with Crippen molar-refractivity contribution in [3.63, 3.8) is 0 Å². The molecule has 0 fully saturated rings. The van der Waals surface area contributed by atoms with Crippen LogP contribution in [0.15, 0.2) is 0 Å². The van der Waals surface area contributed by atoms with Crippen molar-refractivity contribution in [2.75, 3.05) is 33.0 Å². The number of hydrogen-bond acceptors (Lipinski definition) is 6. The summed E-state index contributed by atoms with van der Waals surface area (Å²) in [5, 5.41) is 50.6. The summed E-state index contributed by atoms with van der Waals surface area (Å²) in [5.41, 5.74) is -0.708. The Balaban J connectivity index is 0. The molecule has 0 aromatic carbocycles. The maximum Gasteiger partial charge on any atom is 0.303 e. The molecular formula is C11H24O7. The molecule has 18 heavy (non-hydrogen) atoms. The number of carboxylic acids is 1. The van der Waals surface area contributed by atoms with Crippen LogP contribution in [0, 0.1) is 11.3 Å². The first-order chi connectivity index (χ1) is 8.38. The monoisotopic (exact) mass is 268 g/mol. The zero-order valence-corrected chi connectivity index (χ0v) is 10.6. The van der Waals surface area contributed by atoms with Crippen LogP contribution in [0.3, 0.4) is 0 Å². The van der Waals surface area contributed by atoms with Crippen molar-refractivity contribution in [1.82, 2.24) is 0 Å². The van der Waals surface area contributed by atoms with E-state index in [0.717, 1.165) is 0 Å². The molecule has 110 valence electrons. The first-order valence-corrected chi connectivity index (χ1v) is 5.65. The molecule has 7 nitrogen and oxygen atoms in total. The van der Waals surface area contributed by atoms with E-state index in [4.69, 9.17) is 30.6 Å². The lowest BCUT2D eigenvalue weighted by molar-refractivity contribution is -0.137. The topological polar surface area (TPSA) is 138 Å². The minimum Gasteiger partial charge on any atom is -0.481 e. The van der Waals surface area contributed by atoms with Gasteiger partial charge in [0.25, 0.3) is 0 Å². The van der Waals surface area contributed by atoms with E-state index < -0.39 is 11.4 Å². The van der Waals surface area contributed by atoms with Crippen LogP contribution in [0.25, 0.3) is 0 Å². The largest absolute Gasteiger partial charge is 0.481 e. The van der Waals surface area contributed by atoms with E-state index in [2.05, 4.69) is 0 Å². The highest BCUT2D eigenvalue weighted by Crippen LogP contribution is 2.11. The van der Waals surface area contributed by atoms with Crippen LogP contribution in [0.2, 0.25) is 0 Å². The fraction of sp³-hybridized carbons (Fsp3) is 0.909. The molecule has 0 rings (SSSR count). The second-order valence-electron chi connectivity index (χ2n) is 4.45. The average Bonchev–Trinajstić information content (AvgIpc) is 2.39. The predicted molar refractivity (Wildman–Crippen MR) is 63.9 cm³/mol. The van der Waals surface area contributed by atoms with Crippen LogP contribution in [0.5, 0.6) is 0 Å². The molecule has 0 radical (unpaired) electrons. The third-order valence-electron chi connectivity index (χ3n) is 2.43. The van der Waals surface area contributed by atoms with Crippen LogP contribution in [0.4, 0.5) is 0 Å². The summed E-state index contributed by atoms with van der Waals surface area (Å²) in [7, 11) is 0. The molecule has 0 bridgehead atoms. The van der Waals surface area contributed by atoms with Crippen LogP contribution in [-0.4, -0.2) is 69.6 Å². The molecule has 0 unspecified atom stereocenters. The summed E-state index contributed by atoms with van der Waals surface area (Å²) in [6, 6.07) is 0. The second kappa shape index (κ2) is 11.4. The van der Waals surface area contributed by atoms with Gasteiger partial charge in [-0.15, -0.1) is 0 Å². The highest BCUT2D eigenvalue weighted by Gasteiger charge is 2.20. The molecule has 0 aliphatic rings. The molecule has 0 aromatic heterocycles. The van der Waals surface area contributed by atoms with Crippen molar-refractivity contribution >= 4 is 5.97 Å². The molecule has 0 saturated carbocycles. The Morgan fingerprint density at radius 2 is 1.39 bits per heavy atom. The van der Waals surface area contributed by atoms with Crippen molar-refractivity contribution < 1.29 is 35.4 Å². The van der Waals surface area contributed by atoms with E-state index in [0.29, 0.717) is 6.42 Å². The minimum absolute atomic E-state index is 0.00574. The first-order valence-electron chi connectivity index (χ1n) is 5.65. The summed E-state index contributed by atoms with van der Waals surface area (Å²) in [6.07, 6.45) is 0.341. The summed E-state index contributed by atoms with van der Waals surface area (Å²) in [5.74, 6) is -1.18. The predicted octanol–water partition coefficient (Wildman–Crippen LogP) is -1.58. The minimum atomic E-state index is -0.896. The molecule has 0 spiro atoms. The highest BCUT2D eigenvalue weighted by atomic mass is 16.4. The molecule has 0 aliphatic carbocycles.